The summed E-state index contributed by atoms with van der Waals surface area (Å²) in [7, 11) is 1.72. The summed E-state index contributed by atoms with van der Waals surface area (Å²) in [6.45, 7) is 0.599. The van der Waals surface area contributed by atoms with Crippen molar-refractivity contribution < 1.29 is 14.7 Å². The summed E-state index contributed by atoms with van der Waals surface area (Å²) in [5.41, 5.74) is 0.339. The van der Waals surface area contributed by atoms with Gasteiger partial charge in [-0.05, 0) is 11.4 Å². The lowest BCUT2D eigenvalue weighted by molar-refractivity contribution is -0.136. The molecule has 0 aliphatic rings. The Morgan fingerprint density at radius 1 is 1.50 bits per heavy atom. The van der Waals surface area contributed by atoms with Gasteiger partial charge in [-0.25, -0.2) is 4.68 Å². The van der Waals surface area contributed by atoms with E-state index in [0.29, 0.717) is 12.2 Å². The summed E-state index contributed by atoms with van der Waals surface area (Å²) in [5.74, 6) is -1.08. The van der Waals surface area contributed by atoms with Crippen molar-refractivity contribution in [2.45, 2.75) is 19.5 Å². The van der Waals surface area contributed by atoms with Gasteiger partial charge in [0.25, 0.3) is 0 Å². The van der Waals surface area contributed by atoms with Crippen molar-refractivity contribution in [2.24, 2.45) is 0 Å². The second-order valence-corrected chi connectivity index (χ2v) is 5.34. The fraction of sp³-hybridized carbons (Fsp3) is 0.333. The monoisotopic (exact) mass is 294 g/mol. The summed E-state index contributed by atoms with van der Waals surface area (Å²) in [6.07, 6.45) is 1.28. The maximum Gasteiger partial charge on any atom is 0.309 e. The van der Waals surface area contributed by atoms with Crippen molar-refractivity contribution >= 4 is 23.2 Å². The second-order valence-electron chi connectivity index (χ2n) is 4.31. The zero-order chi connectivity index (χ0) is 14.5. The first kappa shape index (κ1) is 14.2. The van der Waals surface area contributed by atoms with Crippen molar-refractivity contribution in [3.8, 4) is 0 Å². The van der Waals surface area contributed by atoms with Gasteiger partial charge in [0.1, 0.15) is 6.54 Å². The van der Waals surface area contributed by atoms with Gasteiger partial charge in [0, 0.05) is 18.1 Å². The van der Waals surface area contributed by atoms with Crippen molar-refractivity contribution in [3.63, 3.8) is 0 Å². The summed E-state index contributed by atoms with van der Waals surface area (Å²) < 4.78 is 1.35. The van der Waals surface area contributed by atoms with E-state index in [0.717, 1.165) is 4.88 Å². The van der Waals surface area contributed by atoms with Gasteiger partial charge in [-0.1, -0.05) is 11.3 Å². The molecule has 0 radical (unpaired) electrons. The third kappa shape index (κ3) is 3.89. The van der Waals surface area contributed by atoms with E-state index in [-0.39, 0.29) is 18.9 Å². The predicted molar refractivity (Wildman–Crippen MR) is 72.2 cm³/mol. The number of hydrogen-bond donors (Lipinski definition) is 1. The van der Waals surface area contributed by atoms with E-state index in [1.807, 2.05) is 17.5 Å². The van der Waals surface area contributed by atoms with Gasteiger partial charge in [0.05, 0.1) is 18.7 Å². The standard InChI is InChI=1S/C12H14N4O3S/c1-15(7-10-3-2-4-20-10)11(17)8-16-6-9(13-14-16)5-12(18)19/h2-4,6H,5,7-8H2,1H3,(H,18,19). The van der Waals surface area contributed by atoms with Crippen LogP contribution in [0, 0.1) is 0 Å². The molecule has 2 aromatic heterocycles. The number of carboxylic acid groups (broad SMARTS) is 1. The van der Waals surface area contributed by atoms with E-state index < -0.39 is 5.97 Å². The Balaban J connectivity index is 1.90. The molecule has 8 heteroatoms. The van der Waals surface area contributed by atoms with Crippen LogP contribution < -0.4 is 0 Å². The maximum atomic E-state index is 12.0. The molecular weight excluding hydrogens is 280 g/mol. The minimum atomic E-state index is -0.974. The van der Waals surface area contributed by atoms with Gasteiger partial charge in [0.15, 0.2) is 0 Å². The number of aromatic nitrogens is 3. The molecule has 1 N–H and O–H groups in total. The average Bonchev–Trinajstić information content (AvgIpc) is 3.00. The highest BCUT2D eigenvalue weighted by atomic mass is 32.1. The van der Waals surface area contributed by atoms with Crippen LogP contribution in [0.4, 0.5) is 0 Å². The SMILES string of the molecule is CN(Cc1cccs1)C(=O)Cn1cc(CC(=O)O)nn1. The van der Waals surface area contributed by atoms with Crippen molar-refractivity contribution in [1.82, 2.24) is 19.9 Å². The van der Waals surface area contributed by atoms with E-state index in [9.17, 15) is 9.59 Å². The van der Waals surface area contributed by atoms with Gasteiger partial charge in [-0.3, -0.25) is 9.59 Å². The number of aliphatic carboxylic acids is 1. The van der Waals surface area contributed by atoms with Crippen LogP contribution >= 0.6 is 11.3 Å². The third-order valence-electron chi connectivity index (χ3n) is 2.61. The first-order valence-corrected chi connectivity index (χ1v) is 6.79. The van der Waals surface area contributed by atoms with E-state index in [4.69, 9.17) is 5.11 Å². The lowest BCUT2D eigenvalue weighted by atomic mass is 10.3. The van der Waals surface area contributed by atoms with Crippen LogP contribution in [0.1, 0.15) is 10.6 Å². The molecule has 0 aromatic carbocycles. The van der Waals surface area contributed by atoms with E-state index in [2.05, 4.69) is 10.3 Å². The number of rotatable bonds is 6. The highest BCUT2D eigenvalue weighted by Gasteiger charge is 2.12. The van der Waals surface area contributed by atoms with Crippen LogP contribution in [0.15, 0.2) is 23.7 Å². The normalized spacial score (nSPS) is 10.4. The molecule has 0 aliphatic heterocycles. The van der Waals surface area contributed by atoms with Gasteiger partial charge in [-0.15, -0.1) is 16.4 Å². The molecule has 0 saturated carbocycles. The lowest BCUT2D eigenvalue weighted by Crippen LogP contribution is -2.29. The predicted octanol–water partition coefficient (Wildman–Crippen LogP) is 0.625. The number of carbonyl (C=O) groups excluding carboxylic acids is 1. The molecule has 0 fully saturated rings. The largest absolute Gasteiger partial charge is 0.481 e. The molecule has 7 nitrogen and oxygen atoms in total. The number of hydrogen-bond acceptors (Lipinski definition) is 5. The number of thiophene rings is 1. The molecule has 0 unspecified atom stereocenters. The molecule has 0 saturated heterocycles. The van der Waals surface area contributed by atoms with E-state index in [1.165, 1.54) is 10.9 Å². The van der Waals surface area contributed by atoms with Crippen LogP contribution in [0.25, 0.3) is 0 Å². The average molecular weight is 294 g/mol. The zero-order valence-electron chi connectivity index (χ0n) is 10.9. The van der Waals surface area contributed by atoms with Gasteiger partial charge >= 0.3 is 5.97 Å². The van der Waals surface area contributed by atoms with E-state index in [1.54, 1.807) is 23.3 Å². The molecule has 20 heavy (non-hydrogen) atoms. The molecule has 0 spiro atoms. The molecule has 0 atom stereocenters. The van der Waals surface area contributed by atoms with Gasteiger partial charge < -0.3 is 10.0 Å². The van der Waals surface area contributed by atoms with Crippen molar-refractivity contribution in [2.75, 3.05) is 7.05 Å². The number of carbonyl (C=O) groups is 2. The van der Waals surface area contributed by atoms with E-state index >= 15 is 0 Å². The first-order valence-electron chi connectivity index (χ1n) is 5.91. The number of carboxylic acids is 1. The molecule has 2 heterocycles. The molecule has 106 valence electrons. The van der Waals surface area contributed by atoms with Crippen LogP contribution in [-0.4, -0.2) is 43.9 Å². The Bertz CT molecular complexity index is 594. The third-order valence-corrected chi connectivity index (χ3v) is 3.48. The Labute approximate surface area is 119 Å². The Kier molecular flexibility index (Phi) is 4.46. The maximum absolute atomic E-state index is 12.0. The minimum Gasteiger partial charge on any atom is -0.481 e. The Hall–Kier alpha value is -2.22. The quantitative estimate of drug-likeness (QED) is 0.844. The summed E-state index contributed by atoms with van der Waals surface area (Å²) >= 11 is 1.59. The first-order chi connectivity index (χ1) is 9.54. The number of likely N-dealkylation sites (N-methyl/N-ethyl adjacent to an activating group) is 1. The fourth-order valence-corrected chi connectivity index (χ4v) is 2.39. The zero-order valence-corrected chi connectivity index (χ0v) is 11.7. The van der Waals surface area contributed by atoms with Crippen LogP contribution in [-0.2, 0) is 29.1 Å². The smallest absolute Gasteiger partial charge is 0.309 e. The van der Waals surface area contributed by atoms with Gasteiger partial charge in [-0.2, -0.15) is 0 Å². The van der Waals surface area contributed by atoms with Crippen molar-refractivity contribution in [1.29, 1.82) is 0 Å². The van der Waals surface area contributed by atoms with Crippen LogP contribution in [0.2, 0.25) is 0 Å². The lowest BCUT2D eigenvalue weighted by Gasteiger charge is -2.15. The summed E-state index contributed by atoms with van der Waals surface area (Å²) in [6, 6.07) is 3.91. The molecular formula is C12H14N4O3S. The Morgan fingerprint density at radius 3 is 2.95 bits per heavy atom. The summed E-state index contributed by atoms with van der Waals surface area (Å²) in [5, 5.41) is 18.1. The molecule has 2 aromatic rings. The number of nitrogens with zero attached hydrogens (tertiary/aromatic N) is 4. The highest BCUT2D eigenvalue weighted by Crippen LogP contribution is 2.11. The summed E-state index contributed by atoms with van der Waals surface area (Å²) in [4.78, 5) is 25.2. The fourth-order valence-electron chi connectivity index (χ4n) is 1.64. The van der Waals surface area contributed by atoms with Crippen LogP contribution in [0.5, 0.6) is 0 Å². The highest BCUT2D eigenvalue weighted by molar-refractivity contribution is 7.09. The molecule has 0 bridgehead atoms. The molecule has 1 amide bonds. The molecule has 2 rings (SSSR count). The Morgan fingerprint density at radius 2 is 2.30 bits per heavy atom. The van der Waals surface area contributed by atoms with Crippen molar-refractivity contribution in [3.05, 3.63) is 34.3 Å². The topological polar surface area (TPSA) is 88.3 Å². The van der Waals surface area contributed by atoms with Crippen LogP contribution in [0.3, 0.4) is 0 Å². The second kappa shape index (κ2) is 6.29. The van der Waals surface area contributed by atoms with Gasteiger partial charge in [0.2, 0.25) is 5.91 Å². The molecule has 0 aliphatic carbocycles. The minimum absolute atomic E-state index is 0.0501. The number of amides is 1.